The van der Waals surface area contributed by atoms with Crippen molar-refractivity contribution in [2.45, 2.75) is 79.1 Å². The Balaban J connectivity index is -0.000000667. The molecule has 0 rings (SSSR count). The summed E-state index contributed by atoms with van der Waals surface area (Å²) in [5.74, 6) is 0.687. The summed E-state index contributed by atoms with van der Waals surface area (Å²) in [4.78, 5) is 9.77. The van der Waals surface area contributed by atoms with Gasteiger partial charge >= 0.3 is 56.7 Å². The third-order valence-electron chi connectivity index (χ3n) is 4.03. The predicted octanol–water partition coefficient (Wildman–Crippen LogP) is 5.40. The van der Waals surface area contributed by atoms with E-state index in [1.807, 2.05) is 0 Å². The summed E-state index contributed by atoms with van der Waals surface area (Å²) >= 11 is 0. The number of rotatable bonds is 14. The molecule has 2 unspecified atom stereocenters. The van der Waals surface area contributed by atoms with Gasteiger partial charge in [-0.3, -0.25) is 9.05 Å². The van der Waals surface area contributed by atoms with E-state index in [1.165, 1.54) is 0 Å². The van der Waals surface area contributed by atoms with E-state index in [0.29, 0.717) is 25.0 Å². The zero-order valence-electron chi connectivity index (χ0n) is 17.1. The molecule has 0 aliphatic rings. The van der Waals surface area contributed by atoms with Crippen molar-refractivity contribution >= 4 is 56.7 Å². The number of unbranched alkanes of at least 4 members (excludes halogenated alkanes) is 2. The van der Waals surface area contributed by atoms with E-state index >= 15 is 0 Å². The standard InChI is InChI=1S/C16H35O4P.Ba.2H/c1-5-9-11-15(7-3)13-19-21(17,18)20-14-16(8-4)12-10-6-2;;;/h15-16H,5-14H2,1-4H3,(H,17,18);;;/q;+2;2*-1. The van der Waals surface area contributed by atoms with Crippen LogP contribution in [0.3, 0.4) is 0 Å². The van der Waals surface area contributed by atoms with E-state index in [9.17, 15) is 9.46 Å². The molecule has 0 bridgehead atoms. The van der Waals surface area contributed by atoms with E-state index in [1.54, 1.807) is 0 Å². The van der Waals surface area contributed by atoms with Crippen LogP contribution in [0.25, 0.3) is 0 Å². The van der Waals surface area contributed by atoms with Crippen molar-refractivity contribution in [2.75, 3.05) is 13.2 Å². The second kappa shape index (κ2) is 16.2. The third kappa shape index (κ3) is 14.1. The average Bonchev–Trinajstić information content (AvgIpc) is 2.47. The maximum Gasteiger partial charge on any atom is 2.00 e. The van der Waals surface area contributed by atoms with Crippen LogP contribution in [-0.2, 0) is 13.6 Å². The van der Waals surface area contributed by atoms with Gasteiger partial charge in [-0.1, -0.05) is 66.2 Å². The van der Waals surface area contributed by atoms with Crippen LogP contribution in [0, 0.1) is 11.8 Å². The van der Waals surface area contributed by atoms with E-state index in [0.717, 1.165) is 51.4 Å². The van der Waals surface area contributed by atoms with E-state index in [4.69, 9.17) is 9.05 Å². The van der Waals surface area contributed by atoms with Crippen LogP contribution in [0.4, 0.5) is 0 Å². The molecule has 0 aromatic carbocycles. The molecule has 6 heteroatoms. The third-order valence-corrected chi connectivity index (χ3v) is 4.98. The maximum absolute atomic E-state index is 11.9. The van der Waals surface area contributed by atoms with Gasteiger partial charge in [0.2, 0.25) is 0 Å². The van der Waals surface area contributed by atoms with Gasteiger partial charge in [-0.15, -0.1) is 0 Å². The molecule has 1 N–H and O–H groups in total. The van der Waals surface area contributed by atoms with Crippen molar-refractivity contribution < 1.29 is 21.4 Å². The summed E-state index contributed by atoms with van der Waals surface area (Å²) in [6.07, 6.45) is 8.56. The van der Waals surface area contributed by atoms with Gasteiger partial charge in [0.1, 0.15) is 0 Å². The quantitative estimate of drug-likeness (QED) is 0.278. The first-order valence-corrected chi connectivity index (χ1v) is 10.1. The molecule has 0 spiro atoms. The van der Waals surface area contributed by atoms with Crippen LogP contribution >= 0.6 is 7.82 Å². The van der Waals surface area contributed by atoms with Gasteiger partial charge in [-0.2, -0.15) is 0 Å². The van der Waals surface area contributed by atoms with Gasteiger partial charge in [0.25, 0.3) is 0 Å². The Morgan fingerprint density at radius 2 is 1.27 bits per heavy atom. The zero-order valence-corrected chi connectivity index (χ0v) is 20.4. The van der Waals surface area contributed by atoms with Crippen molar-refractivity contribution in [3.05, 3.63) is 0 Å². The summed E-state index contributed by atoms with van der Waals surface area (Å²) in [7, 11) is -3.89. The summed E-state index contributed by atoms with van der Waals surface area (Å²) in [5.41, 5.74) is 0. The Bertz CT molecular complexity index is 275. The van der Waals surface area contributed by atoms with Crippen molar-refractivity contribution in [2.24, 2.45) is 11.8 Å². The van der Waals surface area contributed by atoms with Crippen molar-refractivity contribution in [1.82, 2.24) is 0 Å². The molecular formula is C16H37BaO4P. The molecule has 4 nitrogen and oxygen atoms in total. The Labute approximate surface area is 180 Å². The van der Waals surface area contributed by atoms with Gasteiger partial charge in [-0.05, 0) is 24.7 Å². The summed E-state index contributed by atoms with van der Waals surface area (Å²) < 4.78 is 22.2. The SMILES string of the molecule is CCCCC(CC)COP(=O)(O)OCC(CC)CCCC.[Ba+2].[H-].[H-]. The first-order valence-electron chi connectivity index (χ1n) is 8.60. The molecular weight excluding hydrogens is 424 g/mol. The molecule has 0 aliphatic carbocycles. The first-order chi connectivity index (χ1) is 9.99. The Morgan fingerprint density at radius 1 is 0.909 bits per heavy atom. The first kappa shape index (κ1) is 25.9. The van der Waals surface area contributed by atoms with Crippen molar-refractivity contribution in [1.29, 1.82) is 0 Å². The zero-order chi connectivity index (χ0) is 16.1. The summed E-state index contributed by atoms with van der Waals surface area (Å²) in [6.45, 7) is 9.10. The average molecular weight is 462 g/mol. The molecule has 0 aromatic heterocycles. The summed E-state index contributed by atoms with van der Waals surface area (Å²) in [5, 5.41) is 0. The van der Waals surface area contributed by atoms with Gasteiger partial charge in [-0.25, -0.2) is 4.57 Å². The van der Waals surface area contributed by atoms with E-state index < -0.39 is 7.82 Å². The monoisotopic (exact) mass is 462 g/mol. The normalized spacial score (nSPS) is 16.6. The Kier molecular flexibility index (Phi) is 19.0. The fourth-order valence-corrected chi connectivity index (χ4v) is 3.11. The Morgan fingerprint density at radius 3 is 1.55 bits per heavy atom. The maximum atomic E-state index is 11.9. The fraction of sp³-hybridized carbons (Fsp3) is 1.00. The largest absolute Gasteiger partial charge is 2.00 e. The molecule has 0 fully saturated rings. The van der Waals surface area contributed by atoms with Gasteiger partial charge in [0.05, 0.1) is 13.2 Å². The number of hydrogen-bond donors (Lipinski definition) is 1. The molecule has 0 saturated carbocycles. The van der Waals surface area contributed by atoms with Crippen LogP contribution < -0.4 is 0 Å². The Hall–Kier alpha value is 1.68. The fourth-order valence-electron chi connectivity index (χ4n) is 2.23. The molecule has 0 aliphatic heterocycles. The van der Waals surface area contributed by atoms with Crippen LogP contribution in [0.15, 0.2) is 0 Å². The van der Waals surface area contributed by atoms with Gasteiger partial charge < -0.3 is 7.75 Å². The van der Waals surface area contributed by atoms with Crippen molar-refractivity contribution in [3.63, 3.8) is 0 Å². The van der Waals surface area contributed by atoms with Gasteiger partial charge in [0, 0.05) is 0 Å². The molecule has 0 aromatic rings. The van der Waals surface area contributed by atoms with Crippen LogP contribution in [0.2, 0.25) is 0 Å². The minimum Gasteiger partial charge on any atom is -1.00 e. The minimum atomic E-state index is -3.89. The van der Waals surface area contributed by atoms with Crippen LogP contribution in [0.5, 0.6) is 0 Å². The smallest absolute Gasteiger partial charge is 1.00 e. The second-order valence-electron chi connectivity index (χ2n) is 5.89. The molecule has 0 saturated heterocycles. The van der Waals surface area contributed by atoms with E-state index in [2.05, 4.69) is 27.7 Å². The van der Waals surface area contributed by atoms with Crippen molar-refractivity contribution in [3.8, 4) is 0 Å². The number of phosphoric ester groups is 1. The van der Waals surface area contributed by atoms with Crippen LogP contribution in [-0.4, -0.2) is 67.0 Å². The molecule has 0 radical (unpaired) electrons. The van der Waals surface area contributed by atoms with Gasteiger partial charge in [0.15, 0.2) is 0 Å². The van der Waals surface area contributed by atoms with E-state index in [-0.39, 0.29) is 51.7 Å². The molecule has 0 amide bonds. The number of phosphoric acid groups is 1. The minimum absolute atomic E-state index is 0. The molecule has 2 atom stereocenters. The number of hydrogen-bond acceptors (Lipinski definition) is 3. The molecule has 132 valence electrons. The molecule has 22 heavy (non-hydrogen) atoms. The second-order valence-corrected chi connectivity index (χ2v) is 7.35. The topological polar surface area (TPSA) is 55.8 Å². The van der Waals surface area contributed by atoms with Crippen LogP contribution in [0.1, 0.15) is 81.9 Å². The summed E-state index contributed by atoms with van der Waals surface area (Å²) in [6, 6.07) is 0. The predicted molar refractivity (Wildman–Crippen MR) is 96.3 cm³/mol. The molecule has 0 heterocycles.